The number of anilines is 1. The van der Waals surface area contributed by atoms with Gasteiger partial charge in [0.05, 0.1) is 0 Å². The fourth-order valence-electron chi connectivity index (χ4n) is 3.22. The highest BCUT2D eigenvalue weighted by molar-refractivity contribution is 5.97. The first-order valence-corrected chi connectivity index (χ1v) is 9.98. The van der Waals surface area contributed by atoms with E-state index in [1.54, 1.807) is 6.07 Å². The molecule has 3 aromatic rings. The summed E-state index contributed by atoms with van der Waals surface area (Å²) >= 11 is 0. The summed E-state index contributed by atoms with van der Waals surface area (Å²) in [5, 5.41) is 0. The number of aromatic nitrogens is 1. The Hall–Kier alpha value is -3.26. The number of hydrogen-bond acceptors (Lipinski definition) is 3. The highest BCUT2D eigenvalue weighted by atomic mass is 19.4. The van der Waals surface area contributed by atoms with Gasteiger partial charge < -0.3 is 10.6 Å². The normalized spacial score (nSPS) is 12.5. The van der Waals surface area contributed by atoms with Gasteiger partial charge in [0.1, 0.15) is 17.6 Å². The molecule has 0 bridgehead atoms. The summed E-state index contributed by atoms with van der Waals surface area (Å²) in [7, 11) is 0. The topological polar surface area (TPSA) is 59.2 Å². The summed E-state index contributed by atoms with van der Waals surface area (Å²) in [6, 6.07) is 12.1. The maximum Gasteiger partial charge on any atom is 0.433 e. The van der Waals surface area contributed by atoms with Gasteiger partial charge in [0.25, 0.3) is 0 Å². The Morgan fingerprint density at radius 1 is 1.03 bits per heavy atom. The van der Waals surface area contributed by atoms with Crippen molar-refractivity contribution in [2.75, 3.05) is 11.4 Å². The van der Waals surface area contributed by atoms with Crippen molar-refractivity contribution >= 4 is 11.6 Å². The molecule has 1 aromatic heterocycles. The molecule has 2 N–H and O–H groups in total. The summed E-state index contributed by atoms with van der Waals surface area (Å²) in [6.07, 6.45) is -3.08. The lowest BCUT2D eigenvalue weighted by Gasteiger charge is -2.27. The standard InChI is InChI=1S/C24H23F4N3O/c1-15-3-9-20(13-16(15)2)31(23(32)22(29)18-5-7-19(25)8-6-18)12-11-17-4-10-21(30-14-17)24(26,27)28/h3-10,13-14,22H,11-12,29H2,1-2H3/t22-/m1/s1. The van der Waals surface area contributed by atoms with Crippen molar-refractivity contribution in [3.05, 3.63) is 94.6 Å². The number of aryl methyl sites for hydroxylation is 2. The second-order valence-corrected chi connectivity index (χ2v) is 7.59. The van der Waals surface area contributed by atoms with Crippen LogP contribution in [0.25, 0.3) is 0 Å². The summed E-state index contributed by atoms with van der Waals surface area (Å²) in [6.45, 7) is 4.05. The molecular formula is C24H23F4N3O. The third kappa shape index (κ3) is 5.50. The van der Waals surface area contributed by atoms with Gasteiger partial charge in [0.2, 0.25) is 5.91 Å². The number of pyridine rings is 1. The van der Waals surface area contributed by atoms with E-state index in [4.69, 9.17) is 5.73 Å². The Morgan fingerprint density at radius 3 is 2.28 bits per heavy atom. The minimum Gasteiger partial charge on any atom is -0.316 e. The van der Waals surface area contributed by atoms with Crippen molar-refractivity contribution in [1.29, 1.82) is 0 Å². The molecule has 1 atom stereocenters. The van der Waals surface area contributed by atoms with Crippen molar-refractivity contribution in [1.82, 2.24) is 4.98 Å². The number of carbonyl (C=O) groups is 1. The van der Waals surface area contributed by atoms with E-state index < -0.39 is 29.6 Å². The molecule has 0 aliphatic heterocycles. The van der Waals surface area contributed by atoms with Gasteiger partial charge in [-0.1, -0.05) is 24.3 Å². The van der Waals surface area contributed by atoms with Crippen LogP contribution >= 0.6 is 0 Å². The lowest BCUT2D eigenvalue weighted by Crippen LogP contribution is -2.40. The molecule has 3 rings (SSSR count). The molecule has 0 spiro atoms. The second kappa shape index (κ2) is 9.48. The molecule has 32 heavy (non-hydrogen) atoms. The molecule has 4 nitrogen and oxygen atoms in total. The van der Waals surface area contributed by atoms with Crippen LogP contribution in [0.4, 0.5) is 23.2 Å². The molecule has 2 aromatic carbocycles. The summed E-state index contributed by atoms with van der Waals surface area (Å²) < 4.78 is 51.5. The molecule has 8 heteroatoms. The van der Waals surface area contributed by atoms with Gasteiger partial charge in [-0.2, -0.15) is 13.2 Å². The Labute approximate surface area is 183 Å². The molecule has 1 heterocycles. The fourth-order valence-corrected chi connectivity index (χ4v) is 3.22. The van der Waals surface area contributed by atoms with E-state index in [9.17, 15) is 22.4 Å². The molecule has 0 aliphatic carbocycles. The number of halogens is 4. The fraction of sp³-hybridized carbons (Fsp3) is 0.250. The zero-order chi connectivity index (χ0) is 23.5. The van der Waals surface area contributed by atoms with Gasteiger partial charge in [0.15, 0.2) is 0 Å². The highest BCUT2D eigenvalue weighted by Gasteiger charge is 2.32. The SMILES string of the molecule is Cc1ccc(N(CCc2ccc(C(F)(F)F)nc2)C(=O)[C@H](N)c2ccc(F)cc2)cc1C. The smallest absolute Gasteiger partial charge is 0.316 e. The maximum absolute atomic E-state index is 13.3. The minimum absolute atomic E-state index is 0.184. The van der Waals surface area contributed by atoms with Crippen LogP contribution in [-0.4, -0.2) is 17.4 Å². The van der Waals surface area contributed by atoms with Gasteiger partial charge in [0, 0.05) is 18.4 Å². The van der Waals surface area contributed by atoms with E-state index in [1.807, 2.05) is 26.0 Å². The number of nitrogens with zero attached hydrogens (tertiary/aromatic N) is 2. The van der Waals surface area contributed by atoms with E-state index in [-0.39, 0.29) is 13.0 Å². The number of nitrogens with two attached hydrogens (primary N) is 1. The number of amides is 1. The van der Waals surface area contributed by atoms with E-state index in [2.05, 4.69) is 4.98 Å². The summed E-state index contributed by atoms with van der Waals surface area (Å²) in [5.41, 5.74) is 8.87. The average molecular weight is 445 g/mol. The Kier molecular flexibility index (Phi) is 6.93. The van der Waals surface area contributed by atoms with Crippen molar-refractivity contribution in [3.8, 4) is 0 Å². The van der Waals surface area contributed by atoms with Crippen LogP contribution in [-0.2, 0) is 17.4 Å². The number of rotatable bonds is 6. The first-order valence-electron chi connectivity index (χ1n) is 9.98. The molecular weight excluding hydrogens is 422 g/mol. The second-order valence-electron chi connectivity index (χ2n) is 7.59. The van der Waals surface area contributed by atoms with Crippen LogP contribution in [0, 0.1) is 19.7 Å². The molecule has 0 aliphatic rings. The Bertz CT molecular complexity index is 1080. The third-order valence-corrected chi connectivity index (χ3v) is 5.30. The molecule has 0 saturated heterocycles. The molecule has 0 unspecified atom stereocenters. The zero-order valence-electron chi connectivity index (χ0n) is 17.7. The van der Waals surface area contributed by atoms with Gasteiger partial charge >= 0.3 is 6.18 Å². The zero-order valence-corrected chi connectivity index (χ0v) is 17.7. The van der Waals surface area contributed by atoms with Crippen molar-refractivity contribution in [2.24, 2.45) is 5.73 Å². The monoisotopic (exact) mass is 445 g/mol. The minimum atomic E-state index is -4.51. The quantitative estimate of drug-likeness (QED) is 0.535. The largest absolute Gasteiger partial charge is 0.433 e. The van der Waals surface area contributed by atoms with Crippen molar-refractivity contribution < 1.29 is 22.4 Å². The summed E-state index contributed by atoms with van der Waals surface area (Å²) in [4.78, 5) is 18.2. The first kappa shape index (κ1) is 23.4. The first-order chi connectivity index (χ1) is 15.1. The molecule has 1 amide bonds. The van der Waals surface area contributed by atoms with Gasteiger partial charge in [-0.3, -0.25) is 9.78 Å². The lowest BCUT2D eigenvalue weighted by atomic mass is 10.0. The average Bonchev–Trinajstić information content (AvgIpc) is 2.76. The Balaban J connectivity index is 1.86. The lowest BCUT2D eigenvalue weighted by molar-refractivity contribution is -0.141. The van der Waals surface area contributed by atoms with E-state index in [0.717, 1.165) is 23.4 Å². The number of alkyl halides is 3. The highest BCUT2D eigenvalue weighted by Crippen LogP contribution is 2.28. The van der Waals surface area contributed by atoms with Crippen LogP contribution in [0.5, 0.6) is 0 Å². The van der Waals surface area contributed by atoms with Crippen LogP contribution in [0.1, 0.15) is 34.0 Å². The van der Waals surface area contributed by atoms with Crippen molar-refractivity contribution in [2.45, 2.75) is 32.5 Å². The van der Waals surface area contributed by atoms with Crippen molar-refractivity contribution in [3.63, 3.8) is 0 Å². The predicted octanol–water partition coefficient (Wildman–Crippen LogP) is 5.13. The predicted molar refractivity (Wildman–Crippen MR) is 115 cm³/mol. The van der Waals surface area contributed by atoms with Crippen LogP contribution in [0.15, 0.2) is 60.8 Å². The molecule has 0 radical (unpaired) electrons. The molecule has 0 saturated carbocycles. The number of hydrogen-bond donors (Lipinski definition) is 1. The summed E-state index contributed by atoms with van der Waals surface area (Å²) in [5.74, 6) is -0.839. The number of benzene rings is 2. The van der Waals surface area contributed by atoms with Gasteiger partial charge in [-0.25, -0.2) is 4.39 Å². The molecule has 0 fully saturated rings. The van der Waals surface area contributed by atoms with E-state index >= 15 is 0 Å². The molecule has 168 valence electrons. The van der Waals surface area contributed by atoms with Crippen LogP contribution < -0.4 is 10.6 Å². The maximum atomic E-state index is 13.3. The van der Waals surface area contributed by atoms with E-state index in [1.165, 1.54) is 35.2 Å². The van der Waals surface area contributed by atoms with Crippen LogP contribution in [0.3, 0.4) is 0 Å². The van der Waals surface area contributed by atoms with Gasteiger partial charge in [-0.05, 0) is 72.9 Å². The van der Waals surface area contributed by atoms with E-state index in [0.29, 0.717) is 16.8 Å². The Morgan fingerprint density at radius 2 is 1.72 bits per heavy atom. The number of carbonyl (C=O) groups excluding carboxylic acids is 1. The third-order valence-electron chi connectivity index (χ3n) is 5.30. The van der Waals surface area contributed by atoms with Crippen LogP contribution in [0.2, 0.25) is 0 Å². The van der Waals surface area contributed by atoms with Gasteiger partial charge in [-0.15, -0.1) is 0 Å².